The van der Waals surface area contributed by atoms with E-state index in [1.54, 1.807) is 0 Å². The molecule has 24 heavy (non-hydrogen) atoms. The second-order valence-electron chi connectivity index (χ2n) is 4.60. The molecule has 0 saturated carbocycles. The van der Waals surface area contributed by atoms with Crippen molar-refractivity contribution in [3.63, 3.8) is 0 Å². The number of esters is 1. The fourth-order valence-electron chi connectivity index (χ4n) is 1.79. The summed E-state index contributed by atoms with van der Waals surface area (Å²) in [5.41, 5.74) is 0.164. The molecule has 0 saturated heterocycles. The number of hydrogen-bond donors (Lipinski definition) is 1. The summed E-state index contributed by atoms with van der Waals surface area (Å²) in [6.45, 7) is -0.388. The second-order valence-corrected chi connectivity index (χ2v) is 5.45. The number of benzene rings is 2. The average molecular weight is 400 g/mol. The molecule has 126 valence electrons. The van der Waals surface area contributed by atoms with E-state index in [0.717, 1.165) is 6.07 Å². The van der Waals surface area contributed by atoms with Gasteiger partial charge in [0.25, 0.3) is 5.91 Å². The molecular formula is C16H12BrF2NO4. The molecule has 2 aromatic rings. The van der Waals surface area contributed by atoms with Crippen molar-refractivity contribution in [2.24, 2.45) is 0 Å². The molecule has 0 aromatic heterocycles. The van der Waals surface area contributed by atoms with Gasteiger partial charge in [0.15, 0.2) is 12.4 Å². The molecule has 0 heterocycles. The van der Waals surface area contributed by atoms with E-state index in [2.05, 4.69) is 26.0 Å². The molecule has 0 aliphatic carbocycles. The summed E-state index contributed by atoms with van der Waals surface area (Å²) in [6, 6.07) is 7.64. The van der Waals surface area contributed by atoms with Crippen molar-refractivity contribution >= 4 is 33.5 Å². The van der Waals surface area contributed by atoms with Gasteiger partial charge in [-0.3, -0.25) is 4.79 Å². The number of methoxy groups -OCH3 is 1. The normalized spacial score (nSPS) is 10.2. The number of halogens is 3. The largest absolute Gasteiger partial charge is 0.484 e. The van der Waals surface area contributed by atoms with Gasteiger partial charge in [-0.2, -0.15) is 0 Å². The van der Waals surface area contributed by atoms with Gasteiger partial charge in [0.05, 0.1) is 18.4 Å². The highest BCUT2D eigenvalue weighted by Crippen LogP contribution is 2.26. The van der Waals surface area contributed by atoms with Crippen LogP contribution in [-0.4, -0.2) is 25.6 Å². The zero-order valence-electron chi connectivity index (χ0n) is 12.4. The highest BCUT2D eigenvalue weighted by atomic mass is 79.9. The standard InChI is InChI=1S/C16H12BrF2NO4/c1-23-16(22)9-2-4-11(5-3-9)24-8-14(21)20-15-12(17)6-10(18)7-13(15)19/h2-7H,8H2,1H3,(H,20,21). The van der Waals surface area contributed by atoms with E-state index in [1.165, 1.54) is 31.4 Å². The molecule has 1 N–H and O–H groups in total. The van der Waals surface area contributed by atoms with E-state index >= 15 is 0 Å². The van der Waals surface area contributed by atoms with Crippen LogP contribution >= 0.6 is 15.9 Å². The summed E-state index contributed by atoms with van der Waals surface area (Å²) in [7, 11) is 1.27. The molecule has 0 radical (unpaired) electrons. The second kappa shape index (κ2) is 7.87. The van der Waals surface area contributed by atoms with Gasteiger partial charge in [0.2, 0.25) is 0 Å². The molecule has 2 aromatic carbocycles. The number of hydrogen-bond acceptors (Lipinski definition) is 4. The zero-order valence-corrected chi connectivity index (χ0v) is 14.0. The van der Waals surface area contributed by atoms with Crippen LogP contribution in [0.5, 0.6) is 5.75 Å². The Hall–Kier alpha value is -2.48. The quantitative estimate of drug-likeness (QED) is 0.781. The summed E-state index contributed by atoms with van der Waals surface area (Å²) in [5, 5.41) is 2.29. The Balaban J connectivity index is 1.95. The summed E-state index contributed by atoms with van der Waals surface area (Å²) >= 11 is 2.97. The van der Waals surface area contributed by atoms with Crippen LogP contribution in [0.2, 0.25) is 0 Å². The third-order valence-electron chi connectivity index (χ3n) is 2.92. The monoisotopic (exact) mass is 399 g/mol. The van der Waals surface area contributed by atoms with Crippen molar-refractivity contribution in [1.29, 1.82) is 0 Å². The lowest BCUT2D eigenvalue weighted by Crippen LogP contribution is -2.21. The van der Waals surface area contributed by atoms with Crippen LogP contribution in [0, 0.1) is 11.6 Å². The first kappa shape index (κ1) is 17.9. The van der Waals surface area contributed by atoms with Crippen molar-refractivity contribution in [3.8, 4) is 5.75 Å². The van der Waals surface area contributed by atoms with Gasteiger partial charge in [-0.25, -0.2) is 13.6 Å². The Morgan fingerprint density at radius 2 is 1.83 bits per heavy atom. The Bertz CT molecular complexity index is 742. The maximum atomic E-state index is 13.6. The lowest BCUT2D eigenvalue weighted by molar-refractivity contribution is -0.118. The maximum Gasteiger partial charge on any atom is 0.337 e. The van der Waals surface area contributed by atoms with E-state index in [9.17, 15) is 18.4 Å². The molecule has 2 rings (SSSR count). The van der Waals surface area contributed by atoms with Crippen molar-refractivity contribution in [3.05, 3.63) is 58.1 Å². The number of carbonyl (C=O) groups excluding carboxylic acids is 2. The summed E-state index contributed by atoms with van der Waals surface area (Å²) in [6.07, 6.45) is 0. The van der Waals surface area contributed by atoms with E-state index in [1.807, 2.05) is 0 Å². The Labute approximate surface area is 144 Å². The first-order chi connectivity index (χ1) is 11.4. The molecule has 8 heteroatoms. The number of rotatable bonds is 5. The minimum absolute atomic E-state index is 0.0794. The minimum atomic E-state index is -0.905. The number of amides is 1. The Morgan fingerprint density at radius 3 is 2.42 bits per heavy atom. The van der Waals surface area contributed by atoms with Gasteiger partial charge in [0, 0.05) is 10.5 Å². The topological polar surface area (TPSA) is 64.6 Å². The summed E-state index contributed by atoms with van der Waals surface area (Å²) < 4.78 is 36.5. The number of carbonyl (C=O) groups is 2. The molecule has 0 aliphatic rings. The number of ether oxygens (including phenoxy) is 2. The molecule has 0 atom stereocenters. The molecule has 0 bridgehead atoms. The zero-order chi connectivity index (χ0) is 17.7. The molecule has 0 aliphatic heterocycles. The van der Waals surface area contributed by atoms with Crippen LogP contribution in [0.25, 0.3) is 0 Å². The lowest BCUT2D eigenvalue weighted by atomic mass is 10.2. The van der Waals surface area contributed by atoms with Crippen LogP contribution in [0.3, 0.4) is 0 Å². The molecule has 1 amide bonds. The van der Waals surface area contributed by atoms with Gasteiger partial charge in [-0.05, 0) is 46.3 Å². The Morgan fingerprint density at radius 1 is 1.17 bits per heavy atom. The van der Waals surface area contributed by atoms with Crippen LogP contribution in [0.4, 0.5) is 14.5 Å². The lowest BCUT2D eigenvalue weighted by Gasteiger charge is -2.10. The van der Waals surface area contributed by atoms with Crippen LogP contribution in [0.15, 0.2) is 40.9 Å². The SMILES string of the molecule is COC(=O)c1ccc(OCC(=O)Nc2c(F)cc(F)cc2Br)cc1. The molecule has 0 fully saturated rings. The van der Waals surface area contributed by atoms with Gasteiger partial charge in [-0.1, -0.05) is 0 Å². The maximum absolute atomic E-state index is 13.6. The minimum Gasteiger partial charge on any atom is -0.484 e. The smallest absolute Gasteiger partial charge is 0.337 e. The molecule has 0 unspecified atom stereocenters. The van der Waals surface area contributed by atoms with E-state index in [4.69, 9.17) is 4.74 Å². The average Bonchev–Trinajstić information content (AvgIpc) is 2.56. The highest BCUT2D eigenvalue weighted by molar-refractivity contribution is 9.10. The van der Waals surface area contributed by atoms with Gasteiger partial charge >= 0.3 is 5.97 Å². The van der Waals surface area contributed by atoms with E-state index in [0.29, 0.717) is 17.4 Å². The van der Waals surface area contributed by atoms with E-state index in [-0.39, 0.29) is 16.8 Å². The predicted molar refractivity (Wildman–Crippen MR) is 86.0 cm³/mol. The van der Waals surface area contributed by atoms with E-state index < -0.39 is 23.5 Å². The molecule has 0 spiro atoms. The fourth-order valence-corrected chi connectivity index (χ4v) is 2.30. The third-order valence-corrected chi connectivity index (χ3v) is 3.54. The summed E-state index contributed by atoms with van der Waals surface area (Å²) in [4.78, 5) is 23.1. The summed E-state index contributed by atoms with van der Waals surface area (Å²) in [5.74, 6) is -2.44. The first-order valence-electron chi connectivity index (χ1n) is 6.66. The first-order valence-corrected chi connectivity index (χ1v) is 7.45. The van der Waals surface area contributed by atoms with Crippen LogP contribution in [0.1, 0.15) is 10.4 Å². The Kier molecular flexibility index (Phi) is 5.86. The van der Waals surface area contributed by atoms with Crippen molar-refractivity contribution in [1.82, 2.24) is 0 Å². The van der Waals surface area contributed by atoms with Gasteiger partial charge < -0.3 is 14.8 Å². The molecular weight excluding hydrogens is 388 g/mol. The fraction of sp³-hybridized carbons (Fsp3) is 0.125. The van der Waals surface area contributed by atoms with Crippen LogP contribution < -0.4 is 10.1 Å². The van der Waals surface area contributed by atoms with Crippen molar-refractivity contribution < 1.29 is 27.8 Å². The predicted octanol–water partition coefficient (Wildman–Crippen LogP) is 3.53. The molecule has 5 nitrogen and oxygen atoms in total. The van der Waals surface area contributed by atoms with Gasteiger partial charge in [0.1, 0.15) is 11.6 Å². The van der Waals surface area contributed by atoms with Crippen molar-refractivity contribution in [2.75, 3.05) is 19.0 Å². The number of nitrogens with one attached hydrogen (secondary N) is 1. The number of anilines is 1. The van der Waals surface area contributed by atoms with Crippen LogP contribution in [-0.2, 0) is 9.53 Å². The van der Waals surface area contributed by atoms with Crippen molar-refractivity contribution in [2.45, 2.75) is 0 Å². The highest BCUT2D eigenvalue weighted by Gasteiger charge is 2.13. The van der Waals surface area contributed by atoms with Gasteiger partial charge in [-0.15, -0.1) is 0 Å². The third kappa shape index (κ3) is 4.51.